The van der Waals surface area contributed by atoms with Gasteiger partial charge in [-0.3, -0.25) is 0 Å². The maximum Gasteiger partial charge on any atom is 0.143 e. The van der Waals surface area contributed by atoms with Gasteiger partial charge < -0.3 is 25.5 Å². The van der Waals surface area contributed by atoms with Gasteiger partial charge in [0.15, 0.2) is 0 Å². The Morgan fingerprint density at radius 2 is 2.00 bits per heavy atom. The molecule has 3 rings (SSSR count). The number of aromatic nitrogens is 2. The van der Waals surface area contributed by atoms with Crippen molar-refractivity contribution in [3.05, 3.63) is 41.2 Å². The zero-order valence-corrected chi connectivity index (χ0v) is 17.0. The van der Waals surface area contributed by atoms with E-state index in [1.165, 1.54) is 6.21 Å². The van der Waals surface area contributed by atoms with Gasteiger partial charge in [-0.1, -0.05) is 32.9 Å². The molecule has 1 saturated heterocycles. The topological polar surface area (TPSA) is 94.4 Å². The minimum Gasteiger partial charge on any atom is -0.497 e. The summed E-state index contributed by atoms with van der Waals surface area (Å²) in [5.41, 5.74) is 1.51. The zero-order valence-electron chi connectivity index (χ0n) is 17.0. The van der Waals surface area contributed by atoms with E-state index in [1.54, 1.807) is 7.11 Å². The van der Waals surface area contributed by atoms with Crippen molar-refractivity contribution in [1.82, 2.24) is 9.97 Å². The lowest BCUT2D eigenvalue weighted by Gasteiger charge is -2.25. The summed E-state index contributed by atoms with van der Waals surface area (Å²) in [5.74, 6) is 2.88. The fraction of sp³-hybridized carbons (Fsp3) is 0.476. The summed E-state index contributed by atoms with van der Waals surface area (Å²) >= 11 is 0. The number of nitrogens with one attached hydrogen (secondary N) is 2. The van der Waals surface area contributed by atoms with E-state index in [0.717, 1.165) is 17.9 Å². The Morgan fingerprint density at radius 3 is 2.54 bits per heavy atom. The summed E-state index contributed by atoms with van der Waals surface area (Å²) in [7, 11) is 1.65. The molecule has 3 N–H and O–H groups in total. The third-order valence-electron chi connectivity index (χ3n) is 4.82. The van der Waals surface area contributed by atoms with Gasteiger partial charge in [-0.15, -0.1) is 0 Å². The first-order valence-corrected chi connectivity index (χ1v) is 9.54. The number of hydrogen-bond acceptors (Lipinski definition) is 7. The van der Waals surface area contributed by atoms with Gasteiger partial charge in [-0.25, -0.2) is 9.97 Å². The Balaban J connectivity index is 1.94. The van der Waals surface area contributed by atoms with E-state index in [9.17, 15) is 5.11 Å². The highest BCUT2D eigenvalue weighted by atomic mass is 16.5. The highest BCUT2D eigenvalue weighted by Gasteiger charge is 2.28. The summed E-state index contributed by atoms with van der Waals surface area (Å²) in [4.78, 5) is 11.5. The van der Waals surface area contributed by atoms with E-state index in [0.29, 0.717) is 42.5 Å². The Bertz CT molecular complexity index is 830. The number of aliphatic hydroxyl groups excluding tert-OH is 1. The van der Waals surface area contributed by atoms with Crippen LogP contribution in [0.1, 0.15) is 44.1 Å². The Morgan fingerprint density at radius 1 is 1.29 bits per heavy atom. The van der Waals surface area contributed by atoms with Crippen LogP contribution in [0.15, 0.2) is 24.3 Å². The van der Waals surface area contributed by atoms with Gasteiger partial charge >= 0.3 is 0 Å². The van der Waals surface area contributed by atoms with E-state index < -0.39 is 0 Å². The number of nitrogens with zero attached hydrogens (tertiary/aromatic N) is 3. The van der Waals surface area contributed by atoms with E-state index in [4.69, 9.17) is 20.1 Å². The standard InChI is InChI=1S/C21H29N5O2/c1-21(2,3)20-24-18(23-12-14-5-7-16(28-4)8-6-14)17(11-22)19(25-20)26-10-9-15(27)13-26/h5-8,11,15,22,27H,9-10,12-13H2,1-4H3,(H,23,24,25)/t15-/m0/s1. The predicted molar refractivity (Wildman–Crippen MR) is 112 cm³/mol. The minimum absolute atomic E-state index is 0.232. The van der Waals surface area contributed by atoms with Crippen molar-refractivity contribution < 1.29 is 9.84 Å². The maximum absolute atomic E-state index is 9.95. The van der Waals surface area contributed by atoms with Crippen LogP contribution < -0.4 is 15.0 Å². The van der Waals surface area contributed by atoms with Gasteiger partial charge in [-0.05, 0) is 24.1 Å². The number of benzene rings is 1. The summed E-state index contributed by atoms with van der Waals surface area (Å²) < 4.78 is 5.21. The number of methoxy groups -OCH3 is 1. The molecule has 1 aromatic heterocycles. The molecule has 0 radical (unpaired) electrons. The lowest BCUT2D eigenvalue weighted by molar-refractivity contribution is 0.198. The average molecular weight is 383 g/mol. The monoisotopic (exact) mass is 383 g/mol. The number of ether oxygens (including phenoxy) is 1. The van der Waals surface area contributed by atoms with Gasteiger partial charge in [0.25, 0.3) is 0 Å². The highest BCUT2D eigenvalue weighted by molar-refractivity contribution is 5.91. The fourth-order valence-electron chi connectivity index (χ4n) is 3.17. The zero-order chi connectivity index (χ0) is 20.3. The van der Waals surface area contributed by atoms with Crippen molar-refractivity contribution in [2.45, 2.75) is 45.3 Å². The van der Waals surface area contributed by atoms with Gasteiger partial charge in [0.2, 0.25) is 0 Å². The largest absolute Gasteiger partial charge is 0.497 e. The van der Waals surface area contributed by atoms with Gasteiger partial charge in [0, 0.05) is 31.3 Å². The van der Waals surface area contributed by atoms with Crippen LogP contribution in [0.2, 0.25) is 0 Å². The molecule has 2 aromatic rings. The quantitative estimate of drug-likeness (QED) is 0.664. The first-order valence-electron chi connectivity index (χ1n) is 9.54. The Kier molecular flexibility index (Phi) is 5.84. The molecule has 0 saturated carbocycles. The number of aliphatic hydroxyl groups is 1. The number of rotatable bonds is 6. The van der Waals surface area contributed by atoms with Crippen LogP contribution in [0.5, 0.6) is 5.75 Å². The molecule has 2 heterocycles. The first-order chi connectivity index (χ1) is 13.3. The summed E-state index contributed by atoms with van der Waals surface area (Å²) in [6, 6.07) is 7.84. The van der Waals surface area contributed by atoms with Crippen LogP contribution in [0, 0.1) is 5.41 Å². The lowest BCUT2D eigenvalue weighted by Crippen LogP contribution is -2.27. The molecule has 1 aliphatic heterocycles. The molecule has 0 spiro atoms. The Hall–Kier alpha value is -2.67. The third-order valence-corrected chi connectivity index (χ3v) is 4.82. The first kappa shape index (κ1) is 20.1. The Labute approximate surface area is 166 Å². The summed E-state index contributed by atoms with van der Waals surface area (Å²) in [5, 5.41) is 21.3. The predicted octanol–water partition coefficient (Wildman–Crippen LogP) is 2.96. The highest BCUT2D eigenvalue weighted by Crippen LogP contribution is 2.30. The van der Waals surface area contributed by atoms with E-state index in [2.05, 4.69) is 26.1 Å². The van der Waals surface area contributed by atoms with E-state index in [-0.39, 0.29) is 11.5 Å². The van der Waals surface area contributed by atoms with Gasteiger partial charge in [-0.2, -0.15) is 0 Å². The van der Waals surface area contributed by atoms with Gasteiger partial charge in [0.05, 0.1) is 18.8 Å². The van der Waals surface area contributed by atoms with Crippen molar-refractivity contribution in [2.75, 3.05) is 30.4 Å². The summed E-state index contributed by atoms with van der Waals surface area (Å²) in [6.07, 6.45) is 1.64. The van der Waals surface area contributed by atoms with Crippen molar-refractivity contribution in [1.29, 1.82) is 5.41 Å². The molecule has 1 fully saturated rings. The molecule has 0 bridgehead atoms. The van der Waals surface area contributed by atoms with Crippen LogP contribution in [0.3, 0.4) is 0 Å². The third kappa shape index (κ3) is 4.42. The maximum atomic E-state index is 9.95. The van der Waals surface area contributed by atoms with Crippen LogP contribution in [-0.4, -0.2) is 47.6 Å². The van der Waals surface area contributed by atoms with Crippen molar-refractivity contribution in [3.63, 3.8) is 0 Å². The molecule has 1 aliphatic rings. The van der Waals surface area contributed by atoms with Crippen molar-refractivity contribution >= 4 is 17.9 Å². The van der Waals surface area contributed by atoms with Crippen LogP contribution >= 0.6 is 0 Å². The SMILES string of the molecule is COc1ccc(CNc2nc(C(C)(C)C)nc(N3CC[C@H](O)C3)c2C=N)cc1. The number of β-amino-alcohol motifs (C(OH)–C–C–N with tert-alkyl or cyclic N) is 1. The second-order valence-corrected chi connectivity index (χ2v) is 8.12. The smallest absolute Gasteiger partial charge is 0.143 e. The molecule has 7 heteroatoms. The molecule has 1 aromatic carbocycles. The molecule has 28 heavy (non-hydrogen) atoms. The van der Waals surface area contributed by atoms with E-state index >= 15 is 0 Å². The van der Waals surface area contributed by atoms with Crippen LogP contribution in [0.25, 0.3) is 0 Å². The average Bonchev–Trinajstić information content (AvgIpc) is 3.11. The molecular formula is C21H29N5O2. The van der Waals surface area contributed by atoms with Crippen LogP contribution in [0.4, 0.5) is 11.6 Å². The number of hydrogen-bond donors (Lipinski definition) is 3. The normalized spacial score (nSPS) is 16.9. The van der Waals surface area contributed by atoms with Gasteiger partial charge in [0.1, 0.15) is 23.2 Å². The molecule has 0 unspecified atom stereocenters. The molecule has 150 valence electrons. The lowest BCUT2D eigenvalue weighted by atomic mass is 9.95. The molecule has 0 aliphatic carbocycles. The van der Waals surface area contributed by atoms with Crippen molar-refractivity contribution in [3.8, 4) is 5.75 Å². The second kappa shape index (κ2) is 8.14. The van der Waals surface area contributed by atoms with E-state index in [1.807, 2.05) is 29.2 Å². The molecular weight excluding hydrogens is 354 g/mol. The second-order valence-electron chi connectivity index (χ2n) is 8.12. The summed E-state index contributed by atoms with van der Waals surface area (Å²) in [6.45, 7) is 8.04. The fourth-order valence-corrected chi connectivity index (χ4v) is 3.17. The van der Waals surface area contributed by atoms with Crippen molar-refractivity contribution in [2.24, 2.45) is 0 Å². The molecule has 7 nitrogen and oxygen atoms in total. The van der Waals surface area contributed by atoms with Crippen LogP contribution in [-0.2, 0) is 12.0 Å². The minimum atomic E-state index is -0.359. The molecule has 1 atom stereocenters. The number of anilines is 2. The molecule has 0 amide bonds.